The Balaban J connectivity index is 0.000000218. The van der Waals surface area contributed by atoms with Crippen molar-refractivity contribution in [1.29, 1.82) is 0 Å². The second-order valence-corrected chi connectivity index (χ2v) is 16.0. The van der Waals surface area contributed by atoms with Crippen molar-refractivity contribution in [3.8, 4) is 50.3 Å². The summed E-state index contributed by atoms with van der Waals surface area (Å²) in [4.78, 5) is 16.5. The lowest BCUT2D eigenvalue weighted by Crippen LogP contribution is -2.17. The van der Waals surface area contributed by atoms with E-state index >= 15 is 0 Å². The van der Waals surface area contributed by atoms with Gasteiger partial charge in [0.25, 0.3) is 0 Å². The highest BCUT2D eigenvalue weighted by Crippen LogP contribution is 2.47. The van der Waals surface area contributed by atoms with Gasteiger partial charge in [0.1, 0.15) is 56.6 Å². The minimum atomic E-state index is -4.85. The molecule has 3 aromatic heterocycles. The summed E-state index contributed by atoms with van der Waals surface area (Å²) in [6.07, 6.45) is -5.74. The third-order valence-electron chi connectivity index (χ3n) is 9.61. The quantitative estimate of drug-likeness (QED) is 0.0882. The van der Waals surface area contributed by atoms with Crippen LogP contribution >= 0.6 is 27.3 Å². The lowest BCUT2D eigenvalue weighted by Gasteiger charge is -2.13. The fourth-order valence-electron chi connectivity index (χ4n) is 6.53. The number of halogens is 7. The molecule has 60 heavy (non-hydrogen) atoms. The highest BCUT2D eigenvalue weighted by molar-refractivity contribution is 9.08. The molecule has 0 amide bonds. The van der Waals surface area contributed by atoms with Crippen molar-refractivity contribution < 1.29 is 59.5 Å². The average Bonchev–Trinajstić information content (AvgIpc) is 4.08. The number of thiazole rings is 1. The van der Waals surface area contributed by atoms with Crippen LogP contribution in [-0.4, -0.2) is 39.1 Å². The van der Waals surface area contributed by atoms with Crippen molar-refractivity contribution in [2.45, 2.75) is 88.9 Å². The van der Waals surface area contributed by atoms with E-state index in [2.05, 4.69) is 40.7 Å². The van der Waals surface area contributed by atoms with Gasteiger partial charge in [-0.2, -0.15) is 0 Å². The number of aromatic nitrogens is 3. The molecule has 0 atom stereocenters. The minimum Gasteiger partial charge on any atom is -0.489 e. The van der Waals surface area contributed by atoms with Crippen molar-refractivity contribution in [1.82, 2.24) is 15.3 Å². The van der Waals surface area contributed by atoms with E-state index in [-0.39, 0.29) is 51.6 Å². The molecule has 2 aliphatic rings. The van der Waals surface area contributed by atoms with E-state index in [1.165, 1.54) is 30.3 Å². The molecule has 2 saturated carbocycles. The van der Waals surface area contributed by atoms with Crippen molar-refractivity contribution in [2.24, 2.45) is 0 Å². The second kappa shape index (κ2) is 17.3. The first-order chi connectivity index (χ1) is 28.5. The Bertz CT molecular complexity index is 2490. The molecule has 0 aliphatic heterocycles. The molecule has 0 saturated heterocycles. The van der Waals surface area contributed by atoms with Gasteiger partial charge in [-0.3, -0.25) is 0 Å². The van der Waals surface area contributed by atoms with Crippen LogP contribution in [0, 0.1) is 6.92 Å². The third-order valence-corrected chi connectivity index (χ3v) is 11.3. The number of rotatable bonds is 13. The third kappa shape index (κ3) is 9.97. The Morgan fingerprint density at radius 2 is 1.33 bits per heavy atom. The summed E-state index contributed by atoms with van der Waals surface area (Å²) in [7, 11) is 0. The van der Waals surface area contributed by atoms with Gasteiger partial charge >= 0.3 is 18.7 Å². The van der Waals surface area contributed by atoms with Crippen LogP contribution in [0.25, 0.3) is 33.1 Å². The molecular weight excluding hydrogens is 884 g/mol. The fraction of sp³-hybridized carbons (Fsp3) is 0.333. The van der Waals surface area contributed by atoms with Gasteiger partial charge in [-0.25, -0.2) is 9.78 Å². The second-order valence-electron chi connectivity index (χ2n) is 14.5. The number of hydrogen-bond donors (Lipinski definition) is 1. The Kier molecular flexibility index (Phi) is 12.3. The van der Waals surface area contributed by atoms with E-state index in [0.29, 0.717) is 44.7 Å². The van der Waals surface area contributed by atoms with Crippen LogP contribution in [0.1, 0.15) is 101 Å². The molecule has 0 unspecified atom stereocenters. The number of carboxylic acids is 1. The van der Waals surface area contributed by atoms with E-state index < -0.39 is 18.7 Å². The maximum absolute atomic E-state index is 13.0. The standard InChI is InChI=1S/C28H25F3N2O5S.C14H11BrF3NO2/c1-14(2)22-25(27(34)35)39-26(32-22)18-11-10-17(12-15(18)3)36-13-20-23(33-38-24(20)16-8-9-16)19-6-4-5-7-21(19)37-28(29,30)31;15-7-10-12(19-21-13(10)8-5-6-8)9-3-1-2-4-11(9)20-14(16,17)18/h4-7,10-12,14,16H,8-9,13H2,1-3H3,(H,34,35);1-4,8H,5-7H2. The van der Waals surface area contributed by atoms with Crippen molar-refractivity contribution in [3.05, 3.63) is 106 Å². The zero-order chi connectivity index (χ0) is 42.9. The predicted molar refractivity (Wildman–Crippen MR) is 211 cm³/mol. The molecule has 0 radical (unpaired) electrons. The Morgan fingerprint density at radius 3 is 1.78 bits per heavy atom. The van der Waals surface area contributed by atoms with Gasteiger partial charge < -0.3 is 28.4 Å². The van der Waals surface area contributed by atoms with Crippen LogP contribution in [0.2, 0.25) is 0 Å². The van der Waals surface area contributed by atoms with Crippen molar-refractivity contribution in [3.63, 3.8) is 0 Å². The van der Waals surface area contributed by atoms with E-state index in [1.54, 1.807) is 24.3 Å². The molecule has 1 N–H and O–H groups in total. The van der Waals surface area contributed by atoms with Gasteiger partial charge in [-0.15, -0.1) is 37.7 Å². The van der Waals surface area contributed by atoms with Gasteiger partial charge in [0.15, 0.2) is 0 Å². The Labute approximate surface area is 351 Å². The van der Waals surface area contributed by atoms with Crippen molar-refractivity contribution >= 4 is 33.2 Å². The van der Waals surface area contributed by atoms with E-state index in [9.17, 15) is 36.2 Å². The summed E-state index contributed by atoms with van der Waals surface area (Å²) >= 11 is 4.49. The summed E-state index contributed by atoms with van der Waals surface area (Å²) in [5.74, 6) is 0.683. The summed E-state index contributed by atoms with van der Waals surface area (Å²) in [5.41, 5.74) is 4.62. The molecule has 2 fully saturated rings. The minimum absolute atomic E-state index is 0.0295. The number of nitrogens with zero attached hydrogens (tertiary/aromatic N) is 3. The number of ether oxygens (including phenoxy) is 3. The predicted octanol–water partition coefficient (Wildman–Crippen LogP) is 13.0. The molecule has 316 valence electrons. The number of aromatic carboxylic acids is 1. The van der Waals surface area contributed by atoms with Gasteiger partial charge in [0.2, 0.25) is 0 Å². The highest BCUT2D eigenvalue weighted by Gasteiger charge is 2.37. The molecule has 0 bridgehead atoms. The smallest absolute Gasteiger partial charge is 0.489 e. The topological polar surface area (TPSA) is 130 Å². The first kappa shape index (κ1) is 42.8. The van der Waals surface area contributed by atoms with Crippen LogP contribution in [0.5, 0.6) is 17.2 Å². The SMILES string of the molecule is Cc1cc(OCc2c(-c3ccccc3OC(F)(F)F)noc2C2CC2)ccc1-c1nc(C(C)C)c(C(=O)O)s1.FC(F)(F)Oc1ccccc1-c1noc(C2CC2)c1CBr. The number of para-hydroxylation sites is 2. The summed E-state index contributed by atoms with van der Waals surface area (Å²) in [6.45, 7) is 5.71. The molecular formula is C42H36BrF6N3O7S. The number of benzene rings is 3. The molecule has 3 heterocycles. The van der Waals surface area contributed by atoms with Crippen LogP contribution in [0.15, 0.2) is 75.8 Å². The largest absolute Gasteiger partial charge is 0.573 e. The zero-order valence-electron chi connectivity index (χ0n) is 32.1. The van der Waals surface area contributed by atoms with E-state index in [4.69, 9.17) is 13.8 Å². The lowest BCUT2D eigenvalue weighted by molar-refractivity contribution is -0.275. The summed E-state index contributed by atoms with van der Waals surface area (Å²) < 4.78 is 102. The molecule has 18 heteroatoms. The fourth-order valence-corrected chi connectivity index (χ4v) is 8.22. The Morgan fingerprint density at radius 1 is 0.817 bits per heavy atom. The van der Waals surface area contributed by atoms with E-state index in [0.717, 1.165) is 59.5 Å². The molecule has 3 aromatic carbocycles. The number of carbonyl (C=O) groups is 1. The van der Waals surface area contributed by atoms with Gasteiger partial charge in [-0.05, 0) is 86.6 Å². The van der Waals surface area contributed by atoms with Crippen LogP contribution in [-0.2, 0) is 11.9 Å². The molecule has 8 rings (SSSR count). The Hall–Kier alpha value is -5.36. The summed E-state index contributed by atoms with van der Waals surface area (Å²) in [5, 5.41) is 18.7. The normalized spacial score (nSPS) is 14.2. The molecule has 6 aromatic rings. The highest BCUT2D eigenvalue weighted by atomic mass is 79.9. The lowest BCUT2D eigenvalue weighted by atomic mass is 10.0. The zero-order valence-corrected chi connectivity index (χ0v) is 34.5. The number of carboxylic acid groups (broad SMARTS) is 1. The van der Waals surface area contributed by atoms with Crippen molar-refractivity contribution in [2.75, 3.05) is 0 Å². The number of alkyl halides is 7. The van der Waals surface area contributed by atoms with Gasteiger partial charge in [0, 0.05) is 39.4 Å². The van der Waals surface area contributed by atoms with E-state index in [1.807, 2.05) is 32.9 Å². The van der Waals surface area contributed by atoms with Crippen LogP contribution in [0.4, 0.5) is 26.3 Å². The number of aryl methyl sites for hydroxylation is 1. The van der Waals surface area contributed by atoms with Gasteiger partial charge in [-0.1, -0.05) is 64.4 Å². The summed E-state index contributed by atoms with van der Waals surface area (Å²) in [6, 6.07) is 17.1. The number of hydrogen-bond acceptors (Lipinski definition) is 10. The average molecular weight is 921 g/mol. The van der Waals surface area contributed by atoms with Crippen LogP contribution < -0.4 is 14.2 Å². The molecule has 0 spiro atoms. The molecule has 10 nitrogen and oxygen atoms in total. The van der Waals surface area contributed by atoms with Gasteiger partial charge in [0.05, 0.1) is 11.3 Å². The maximum atomic E-state index is 13.0. The van der Waals surface area contributed by atoms with Crippen LogP contribution in [0.3, 0.4) is 0 Å². The first-order valence-corrected chi connectivity index (χ1v) is 20.7. The maximum Gasteiger partial charge on any atom is 0.573 e. The molecule has 2 aliphatic carbocycles. The first-order valence-electron chi connectivity index (χ1n) is 18.7. The monoisotopic (exact) mass is 919 g/mol.